The third kappa shape index (κ3) is 3.02. The van der Waals surface area contributed by atoms with Crippen LogP contribution in [0.2, 0.25) is 5.02 Å². The van der Waals surface area contributed by atoms with Gasteiger partial charge in [-0.05, 0) is 25.0 Å². The van der Waals surface area contributed by atoms with Crippen LogP contribution in [-0.4, -0.2) is 45.5 Å². The highest BCUT2D eigenvalue weighted by Crippen LogP contribution is 2.41. The number of fused-ring (bicyclic) bond motifs is 1. The Labute approximate surface area is 160 Å². The number of imidazole rings is 1. The zero-order valence-corrected chi connectivity index (χ0v) is 16.1. The van der Waals surface area contributed by atoms with Crippen LogP contribution >= 0.6 is 22.9 Å². The molecule has 26 heavy (non-hydrogen) atoms. The summed E-state index contributed by atoms with van der Waals surface area (Å²) in [5, 5.41) is 12.2. The molecule has 0 aliphatic heterocycles. The van der Waals surface area contributed by atoms with Crippen molar-refractivity contribution in [2.24, 2.45) is 5.41 Å². The number of aliphatic hydroxyl groups is 1. The first-order valence-corrected chi connectivity index (χ1v) is 9.86. The minimum atomic E-state index is -0.122. The number of benzene rings is 1. The van der Waals surface area contributed by atoms with E-state index in [1.54, 1.807) is 11.9 Å². The lowest BCUT2D eigenvalue weighted by Crippen LogP contribution is -2.45. The Morgan fingerprint density at radius 3 is 2.73 bits per heavy atom. The Bertz CT molecular complexity index is 938. The number of aliphatic hydroxyl groups excluding tert-OH is 1. The van der Waals surface area contributed by atoms with Crippen molar-refractivity contribution in [1.82, 2.24) is 14.3 Å². The van der Waals surface area contributed by atoms with Crippen LogP contribution in [0.4, 0.5) is 0 Å². The van der Waals surface area contributed by atoms with E-state index in [-0.39, 0.29) is 17.9 Å². The average Bonchev–Trinajstić information content (AvgIpc) is 3.18. The molecule has 1 amide bonds. The van der Waals surface area contributed by atoms with E-state index in [2.05, 4.69) is 4.98 Å². The molecule has 0 spiro atoms. The molecule has 1 fully saturated rings. The first kappa shape index (κ1) is 17.5. The highest BCUT2D eigenvalue weighted by molar-refractivity contribution is 7.15. The summed E-state index contributed by atoms with van der Waals surface area (Å²) in [4.78, 5) is 20.1. The number of hydrogen-bond acceptors (Lipinski definition) is 4. The van der Waals surface area contributed by atoms with Crippen molar-refractivity contribution in [3.63, 3.8) is 0 Å². The first-order chi connectivity index (χ1) is 12.5. The minimum Gasteiger partial charge on any atom is -0.396 e. The van der Waals surface area contributed by atoms with E-state index in [1.165, 1.54) is 11.3 Å². The maximum atomic E-state index is 12.9. The smallest absolute Gasteiger partial charge is 0.271 e. The zero-order valence-electron chi connectivity index (χ0n) is 14.5. The summed E-state index contributed by atoms with van der Waals surface area (Å²) in [6.07, 6.45) is 4.97. The number of rotatable bonds is 5. The summed E-state index contributed by atoms with van der Waals surface area (Å²) in [6, 6.07) is 7.50. The standard InChI is InChI=1S/C19H20ClN3O2S/c1-22(11-19(12-24)7-2-8-19)17(25)16-10-26-18-21-15(9-23(16)18)13-3-5-14(20)6-4-13/h3-6,9-10,24H,2,7-8,11-12H2,1H3. The molecule has 1 N–H and O–H groups in total. The average molecular weight is 390 g/mol. The Hall–Kier alpha value is -1.89. The van der Waals surface area contributed by atoms with Gasteiger partial charge in [-0.1, -0.05) is 30.2 Å². The Balaban J connectivity index is 1.60. The number of hydrogen-bond donors (Lipinski definition) is 1. The van der Waals surface area contributed by atoms with E-state index in [1.807, 2.05) is 40.2 Å². The molecule has 0 unspecified atom stereocenters. The van der Waals surface area contributed by atoms with Crippen molar-refractivity contribution in [3.8, 4) is 11.3 Å². The summed E-state index contributed by atoms with van der Waals surface area (Å²) in [5.74, 6) is -0.0453. The van der Waals surface area contributed by atoms with Crippen molar-refractivity contribution < 1.29 is 9.90 Å². The molecule has 1 saturated carbocycles. The van der Waals surface area contributed by atoms with E-state index in [0.717, 1.165) is 35.5 Å². The SMILES string of the molecule is CN(CC1(CO)CCC1)C(=O)c1csc2nc(-c3ccc(Cl)cc3)cn12. The lowest BCUT2D eigenvalue weighted by Gasteiger charge is -2.42. The summed E-state index contributed by atoms with van der Waals surface area (Å²) >= 11 is 7.40. The molecule has 0 saturated heterocycles. The van der Waals surface area contributed by atoms with Gasteiger partial charge < -0.3 is 10.0 Å². The fourth-order valence-electron chi connectivity index (χ4n) is 3.51. The number of thiazole rings is 1. The van der Waals surface area contributed by atoms with Crippen LogP contribution in [0.3, 0.4) is 0 Å². The van der Waals surface area contributed by atoms with Gasteiger partial charge in [0.15, 0.2) is 4.96 Å². The molecule has 0 bridgehead atoms. The third-order valence-corrected chi connectivity index (χ3v) is 6.33. The monoisotopic (exact) mass is 389 g/mol. The van der Waals surface area contributed by atoms with Crippen molar-refractivity contribution >= 4 is 33.8 Å². The molecule has 1 aliphatic carbocycles. The van der Waals surface area contributed by atoms with Gasteiger partial charge in [0.1, 0.15) is 5.69 Å². The van der Waals surface area contributed by atoms with Crippen molar-refractivity contribution in [1.29, 1.82) is 0 Å². The van der Waals surface area contributed by atoms with Gasteiger partial charge in [0.25, 0.3) is 5.91 Å². The normalized spacial score (nSPS) is 15.8. The molecule has 0 atom stereocenters. The van der Waals surface area contributed by atoms with Gasteiger partial charge in [0, 0.05) is 41.2 Å². The number of amides is 1. The summed E-state index contributed by atoms with van der Waals surface area (Å²) in [5.41, 5.74) is 2.26. The van der Waals surface area contributed by atoms with E-state index in [9.17, 15) is 9.90 Å². The van der Waals surface area contributed by atoms with Crippen LogP contribution in [0.25, 0.3) is 16.2 Å². The maximum absolute atomic E-state index is 12.9. The Morgan fingerprint density at radius 1 is 1.38 bits per heavy atom. The molecule has 1 aromatic carbocycles. The largest absolute Gasteiger partial charge is 0.396 e. The van der Waals surface area contributed by atoms with E-state index in [0.29, 0.717) is 17.3 Å². The fourth-order valence-corrected chi connectivity index (χ4v) is 4.48. The minimum absolute atomic E-state index is 0.0453. The van der Waals surface area contributed by atoms with Crippen LogP contribution in [-0.2, 0) is 0 Å². The summed E-state index contributed by atoms with van der Waals surface area (Å²) in [7, 11) is 1.80. The molecule has 0 radical (unpaired) electrons. The lowest BCUT2D eigenvalue weighted by atomic mass is 9.69. The molecule has 3 aromatic rings. The first-order valence-electron chi connectivity index (χ1n) is 8.60. The number of aromatic nitrogens is 2. The summed E-state index contributed by atoms with van der Waals surface area (Å²) < 4.78 is 1.85. The Morgan fingerprint density at radius 2 is 2.12 bits per heavy atom. The molecule has 1 aliphatic rings. The van der Waals surface area contributed by atoms with Gasteiger partial charge in [0.05, 0.1) is 12.3 Å². The summed E-state index contributed by atoms with van der Waals surface area (Å²) in [6.45, 7) is 0.716. The Kier molecular flexibility index (Phi) is 4.50. The fraction of sp³-hybridized carbons (Fsp3) is 0.368. The zero-order chi connectivity index (χ0) is 18.3. The van der Waals surface area contributed by atoms with Crippen molar-refractivity contribution in [2.45, 2.75) is 19.3 Å². The van der Waals surface area contributed by atoms with Crippen LogP contribution in [0, 0.1) is 5.41 Å². The third-order valence-electron chi connectivity index (χ3n) is 5.24. The van der Waals surface area contributed by atoms with Gasteiger partial charge in [-0.3, -0.25) is 9.20 Å². The highest BCUT2D eigenvalue weighted by atomic mass is 35.5. The molecule has 136 valence electrons. The quantitative estimate of drug-likeness (QED) is 0.718. The molecule has 5 nitrogen and oxygen atoms in total. The molecule has 2 aromatic heterocycles. The molecule has 2 heterocycles. The van der Waals surface area contributed by atoms with Gasteiger partial charge in [-0.15, -0.1) is 11.3 Å². The van der Waals surface area contributed by atoms with Crippen molar-refractivity contribution in [3.05, 3.63) is 46.6 Å². The molecular weight excluding hydrogens is 370 g/mol. The number of carbonyl (C=O) groups excluding carboxylic acids is 1. The number of carbonyl (C=O) groups is 1. The van der Waals surface area contributed by atoms with Gasteiger partial charge in [-0.2, -0.15) is 0 Å². The lowest BCUT2D eigenvalue weighted by molar-refractivity contribution is 0.0144. The second-order valence-electron chi connectivity index (χ2n) is 7.08. The van der Waals surface area contributed by atoms with Crippen LogP contribution in [0.15, 0.2) is 35.8 Å². The predicted octanol–water partition coefficient (Wildman–Crippen LogP) is 3.95. The maximum Gasteiger partial charge on any atom is 0.271 e. The van der Waals surface area contributed by atoms with E-state index >= 15 is 0 Å². The second-order valence-corrected chi connectivity index (χ2v) is 8.35. The van der Waals surface area contributed by atoms with Crippen LogP contribution < -0.4 is 0 Å². The predicted molar refractivity (Wildman–Crippen MR) is 104 cm³/mol. The highest BCUT2D eigenvalue weighted by Gasteiger charge is 2.38. The number of halogens is 1. The van der Waals surface area contributed by atoms with Crippen LogP contribution in [0.5, 0.6) is 0 Å². The molecular formula is C19H20ClN3O2S. The van der Waals surface area contributed by atoms with Gasteiger partial charge >= 0.3 is 0 Å². The van der Waals surface area contributed by atoms with E-state index in [4.69, 9.17) is 11.6 Å². The van der Waals surface area contributed by atoms with Gasteiger partial charge in [0.2, 0.25) is 0 Å². The molecule has 4 rings (SSSR count). The molecule has 7 heteroatoms. The van der Waals surface area contributed by atoms with Crippen LogP contribution in [0.1, 0.15) is 29.8 Å². The van der Waals surface area contributed by atoms with E-state index < -0.39 is 0 Å². The second kappa shape index (κ2) is 6.68. The van der Waals surface area contributed by atoms with Gasteiger partial charge in [-0.25, -0.2) is 4.98 Å². The van der Waals surface area contributed by atoms with Crippen molar-refractivity contribution in [2.75, 3.05) is 20.2 Å². The topological polar surface area (TPSA) is 57.8 Å². The number of nitrogens with zero attached hydrogens (tertiary/aromatic N) is 3.